The molecule has 4 nitrogen and oxygen atoms in total. The first kappa shape index (κ1) is 13.5. The van der Waals surface area contributed by atoms with Crippen LogP contribution >= 0.6 is 22.9 Å². The van der Waals surface area contributed by atoms with Gasteiger partial charge < -0.3 is 4.74 Å². The van der Waals surface area contributed by atoms with E-state index in [1.165, 1.54) is 11.3 Å². The zero-order valence-electron chi connectivity index (χ0n) is 9.80. The number of carbonyl (C=O) groups is 1. The number of aromatic nitrogens is 1. The molecule has 0 fully saturated rings. The van der Waals surface area contributed by atoms with E-state index in [0.29, 0.717) is 16.5 Å². The molecular formula is C13H9ClN2O2S. The van der Waals surface area contributed by atoms with E-state index in [1.54, 1.807) is 23.6 Å². The van der Waals surface area contributed by atoms with Crippen LogP contribution in [0.3, 0.4) is 0 Å². The maximum absolute atomic E-state index is 11.6. The highest BCUT2D eigenvalue weighted by Gasteiger charge is 2.11. The van der Waals surface area contributed by atoms with Gasteiger partial charge in [-0.2, -0.15) is 5.26 Å². The van der Waals surface area contributed by atoms with Crippen molar-refractivity contribution >= 4 is 28.9 Å². The van der Waals surface area contributed by atoms with Gasteiger partial charge in [0.05, 0.1) is 18.2 Å². The first-order chi connectivity index (χ1) is 9.19. The largest absolute Gasteiger partial charge is 0.461 e. The van der Waals surface area contributed by atoms with Gasteiger partial charge in [0.25, 0.3) is 0 Å². The fraction of sp³-hybridized carbons (Fsp3) is 0.154. The van der Waals surface area contributed by atoms with Crippen LogP contribution in [0.2, 0.25) is 4.47 Å². The molecule has 1 heterocycles. The number of hydrogen-bond donors (Lipinski definition) is 0. The summed E-state index contributed by atoms with van der Waals surface area (Å²) >= 11 is 6.82. The molecule has 0 spiro atoms. The van der Waals surface area contributed by atoms with Crippen LogP contribution in [0, 0.1) is 11.3 Å². The van der Waals surface area contributed by atoms with E-state index in [1.807, 2.05) is 6.07 Å². The first-order valence-corrected chi connectivity index (χ1v) is 6.72. The number of ether oxygens (including phenoxy) is 1. The van der Waals surface area contributed by atoms with Gasteiger partial charge in [0, 0.05) is 11.8 Å². The number of benzene rings is 1. The third kappa shape index (κ3) is 3.78. The number of carbonyl (C=O) groups excluding carboxylic acids is 1. The Hall–Kier alpha value is -1.90. The van der Waals surface area contributed by atoms with Crippen LogP contribution in [0.4, 0.5) is 0 Å². The van der Waals surface area contributed by atoms with Crippen molar-refractivity contribution in [2.75, 3.05) is 6.61 Å². The van der Waals surface area contributed by atoms with Gasteiger partial charge in [0.15, 0.2) is 10.2 Å². The predicted molar refractivity (Wildman–Crippen MR) is 72.3 cm³/mol. The molecular weight excluding hydrogens is 284 g/mol. The standard InChI is InChI=1S/C13H9ClN2O2S/c14-13-16-11(8-19-13)12(17)18-5-4-9-2-1-3-10(6-9)7-15/h1-3,6,8H,4-5H2. The number of thiazole rings is 1. The summed E-state index contributed by atoms with van der Waals surface area (Å²) in [6.07, 6.45) is 0.555. The van der Waals surface area contributed by atoms with Crippen molar-refractivity contribution < 1.29 is 9.53 Å². The van der Waals surface area contributed by atoms with Crippen LogP contribution in [-0.2, 0) is 11.2 Å². The molecule has 0 unspecified atom stereocenters. The summed E-state index contributed by atoms with van der Waals surface area (Å²) in [5, 5.41) is 10.3. The molecule has 0 saturated heterocycles. The molecule has 0 N–H and O–H groups in total. The van der Waals surface area contributed by atoms with Crippen molar-refractivity contribution in [1.29, 1.82) is 5.26 Å². The van der Waals surface area contributed by atoms with E-state index in [2.05, 4.69) is 11.1 Å². The molecule has 0 amide bonds. The van der Waals surface area contributed by atoms with E-state index >= 15 is 0 Å². The maximum Gasteiger partial charge on any atom is 0.357 e. The van der Waals surface area contributed by atoms with Crippen LogP contribution < -0.4 is 0 Å². The fourth-order valence-electron chi connectivity index (χ4n) is 1.48. The van der Waals surface area contributed by atoms with Crippen molar-refractivity contribution in [1.82, 2.24) is 4.98 Å². The normalized spacial score (nSPS) is 9.89. The van der Waals surface area contributed by atoms with Gasteiger partial charge in [0.1, 0.15) is 0 Å². The maximum atomic E-state index is 11.6. The molecule has 19 heavy (non-hydrogen) atoms. The van der Waals surface area contributed by atoms with Crippen LogP contribution in [0.1, 0.15) is 21.6 Å². The second kappa shape index (κ2) is 6.32. The van der Waals surface area contributed by atoms with Gasteiger partial charge in [-0.15, -0.1) is 11.3 Å². The predicted octanol–water partition coefficient (Wildman–Crippen LogP) is 3.07. The average molecular weight is 293 g/mol. The number of nitrogens with zero attached hydrogens (tertiary/aromatic N) is 2. The second-order valence-corrected chi connectivity index (χ2v) is 5.12. The lowest BCUT2D eigenvalue weighted by Gasteiger charge is -2.03. The smallest absolute Gasteiger partial charge is 0.357 e. The molecule has 0 saturated carbocycles. The van der Waals surface area contributed by atoms with Gasteiger partial charge in [-0.1, -0.05) is 23.7 Å². The highest BCUT2D eigenvalue weighted by atomic mass is 35.5. The summed E-state index contributed by atoms with van der Waals surface area (Å²) in [4.78, 5) is 15.4. The van der Waals surface area contributed by atoms with Gasteiger partial charge in [-0.05, 0) is 17.7 Å². The molecule has 2 aromatic rings. The lowest BCUT2D eigenvalue weighted by atomic mass is 10.1. The zero-order valence-corrected chi connectivity index (χ0v) is 11.4. The Morgan fingerprint density at radius 2 is 2.37 bits per heavy atom. The summed E-state index contributed by atoms with van der Waals surface area (Å²) in [5.74, 6) is -0.486. The molecule has 1 aromatic carbocycles. The molecule has 2 rings (SSSR count). The summed E-state index contributed by atoms with van der Waals surface area (Å²) in [7, 11) is 0. The lowest BCUT2D eigenvalue weighted by molar-refractivity contribution is 0.0503. The fourth-order valence-corrected chi connectivity index (χ4v) is 2.21. The van der Waals surface area contributed by atoms with Crippen molar-refractivity contribution in [3.63, 3.8) is 0 Å². The Balaban J connectivity index is 1.86. The monoisotopic (exact) mass is 292 g/mol. The van der Waals surface area contributed by atoms with E-state index in [4.69, 9.17) is 21.6 Å². The highest BCUT2D eigenvalue weighted by molar-refractivity contribution is 7.14. The van der Waals surface area contributed by atoms with E-state index in [9.17, 15) is 4.79 Å². The zero-order chi connectivity index (χ0) is 13.7. The molecule has 0 atom stereocenters. The number of halogens is 1. The van der Waals surface area contributed by atoms with Crippen LogP contribution in [0.15, 0.2) is 29.6 Å². The molecule has 1 aromatic heterocycles. The molecule has 96 valence electrons. The molecule has 0 radical (unpaired) electrons. The Morgan fingerprint density at radius 1 is 1.53 bits per heavy atom. The lowest BCUT2D eigenvalue weighted by Crippen LogP contribution is -2.08. The average Bonchev–Trinajstić information content (AvgIpc) is 2.86. The summed E-state index contributed by atoms with van der Waals surface area (Å²) < 4.78 is 5.40. The molecule has 0 aliphatic carbocycles. The Kier molecular flexibility index (Phi) is 4.50. The third-order valence-electron chi connectivity index (χ3n) is 2.37. The second-order valence-electron chi connectivity index (χ2n) is 3.68. The van der Waals surface area contributed by atoms with E-state index in [-0.39, 0.29) is 12.3 Å². The minimum atomic E-state index is -0.486. The quantitative estimate of drug-likeness (QED) is 0.813. The van der Waals surface area contributed by atoms with Gasteiger partial charge >= 0.3 is 5.97 Å². The Morgan fingerprint density at radius 3 is 3.05 bits per heavy atom. The van der Waals surface area contributed by atoms with Gasteiger partial charge in [0.2, 0.25) is 0 Å². The van der Waals surface area contributed by atoms with Gasteiger partial charge in [-0.3, -0.25) is 0 Å². The summed E-state index contributed by atoms with van der Waals surface area (Å²) in [6.45, 7) is 0.239. The first-order valence-electron chi connectivity index (χ1n) is 5.46. The number of hydrogen-bond acceptors (Lipinski definition) is 5. The summed E-state index contributed by atoms with van der Waals surface area (Å²) in [6, 6.07) is 9.25. The SMILES string of the molecule is N#Cc1cccc(CCOC(=O)c2csc(Cl)n2)c1. The van der Waals surface area contributed by atoms with Crippen molar-refractivity contribution in [2.45, 2.75) is 6.42 Å². The summed E-state index contributed by atoms with van der Waals surface area (Å²) in [5.41, 5.74) is 1.76. The van der Waals surface area contributed by atoms with Crippen LogP contribution in [0.25, 0.3) is 0 Å². The van der Waals surface area contributed by atoms with Crippen LogP contribution in [-0.4, -0.2) is 17.6 Å². The number of rotatable bonds is 4. The molecule has 0 aliphatic heterocycles. The van der Waals surface area contributed by atoms with Crippen molar-refractivity contribution in [3.8, 4) is 6.07 Å². The molecule has 6 heteroatoms. The Bertz CT molecular complexity index is 634. The van der Waals surface area contributed by atoms with Crippen LogP contribution in [0.5, 0.6) is 0 Å². The van der Waals surface area contributed by atoms with Crippen molar-refractivity contribution in [3.05, 3.63) is 50.9 Å². The highest BCUT2D eigenvalue weighted by Crippen LogP contribution is 2.15. The minimum Gasteiger partial charge on any atom is -0.461 e. The van der Waals surface area contributed by atoms with Crippen molar-refractivity contribution in [2.24, 2.45) is 0 Å². The molecule has 0 aliphatic rings. The number of esters is 1. The molecule has 0 bridgehead atoms. The Labute approximate surface area is 119 Å². The minimum absolute atomic E-state index is 0.223. The van der Waals surface area contributed by atoms with Gasteiger partial charge in [-0.25, -0.2) is 9.78 Å². The van der Waals surface area contributed by atoms with E-state index < -0.39 is 5.97 Å². The number of nitriles is 1. The van der Waals surface area contributed by atoms with E-state index in [0.717, 1.165) is 5.56 Å². The topological polar surface area (TPSA) is 63.0 Å². The third-order valence-corrected chi connectivity index (χ3v) is 3.34.